The van der Waals surface area contributed by atoms with Crippen LogP contribution in [0.3, 0.4) is 0 Å². The van der Waals surface area contributed by atoms with Crippen LogP contribution in [0.4, 0.5) is 13.2 Å². The number of nitrogens with one attached hydrogen (secondary N) is 1. The molecule has 11 heteroatoms. The minimum Gasteiger partial charge on any atom is -0.480 e. The van der Waals surface area contributed by atoms with E-state index < -0.39 is 53.4 Å². The summed E-state index contributed by atoms with van der Waals surface area (Å²) >= 11 is 0. The quantitative estimate of drug-likeness (QED) is 0.686. The largest absolute Gasteiger partial charge is 0.480 e. The number of nitrogens with zero attached hydrogens (tertiary/aromatic N) is 1. The van der Waals surface area contributed by atoms with Crippen LogP contribution in [0.5, 0.6) is 0 Å². The van der Waals surface area contributed by atoms with Crippen LogP contribution in [0.15, 0.2) is 0 Å². The van der Waals surface area contributed by atoms with Crippen LogP contribution >= 0.6 is 0 Å². The van der Waals surface area contributed by atoms with E-state index in [9.17, 15) is 31.2 Å². The smallest absolute Gasteiger partial charge is 0.406 e. The maximum atomic E-state index is 12.3. The number of alkyl halides is 3. The van der Waals surface area contributed by atoms with Crippen molar-refractivity contribution in [3.05, 3.63) is 0 Å². The van der Waals surface area contributed by atoms with E-state index in [1.807, 2.05) is 0 Å². The van der Waals surface area contributed by atoms with Gasteiger partial charge in [-0.1, -0.05) is 0 Å². The first-order chi connectivity index (χ1) is 9.48. The fraction of sp³-hybridized carbons (Fsp3) is 0.800. The highest BCUT2D eigenvalue weighted by molar-refractivity contribution is 7.91. The Labute approximate surface area is 119 Å². The predicted octanol–water partition coefficient (Wildman–Crippen LogP) is -0.761. The highest BCUT2D eigenvalue weighted by Crippen LogP contribution is 2.17. The summed E-state index contributed by atoms with van der Waals surface area (Å²) in [5.41, 5.74) is 0. The number of aliphatic carboxylic acids is 1. The molecule has 1 aliphatic rings. The molecule has 1 saturated heterocycles. The Morgan fingerprint density at radius 3 is 2.43 bits per heavy atom. The first-order valence-corrected chi connectivity index (χ1v) is 7.81. The summed E-state index contributed by atoms with van der Waals surface area (Å²) < 4.78 is 59.7. The second-order valence-corrected chi connectivity index (χ2v) is 6.96. The van der Waals surface area contributed by atoms with E-state index in [1.54, 1.807) is 0 Å². The Balaban J connectivity index is 2.69. The second kappa shape index (κ2) is 6.60. The molecule has 0 aromatic rings. The first-order valence-electron chi connectivity index (χ1n) is 5.98. The Hall–Kier alpha value is -1.36. The van der Waals surface area contributed by atoms with Crippen LogP contribution < -0.4 is 5.32 Å². The van der Waals surface area contributed by atoms with Crippen molar-refractivity contribution in [1.29, 1.82) is 0 Å². The van der Waals surface area contributed by atoms with E-state index in [4.69, 9.17) is 5.11 Å². The highest BCUT2D eigenvalue weighted by Gasteiger charge is 2.35. The number of sulfone groups is 1. The lowest BCUT2D eigenvalue weighted by Gasteiger charge is -2.27. The molecule has 0 radical (unpaired) electrons. The number of carboxylic acids is 1. The van der Waals surface area contributed by atoms with E-state index in [0.717, 1.165) is 0 Å². The molecule has 1 atom stereocenters. The topological polar surface area (TPSA) is 104 Å². The zero-order valence-electron chi connectivity index (χ0n) is 10.9. The van der Waals surface area contributed by atoms with Crippen LogP contribution in [-0.2, 0) is 19.4 Å². The summed E-state index contributed by atoms with van der Waals surface area (Å²) in [6.45, 7) is -2.66. The maximum Gasteiger partial charge on any atom is 0.406 e. The van der Waals surface area contributed by atoms with Crippen LogP contribution in [0.25, 0.3) is 0 Å². The molecule has 1 heterocycles. The van der Waals surface area contributed by atoms with Gasteiger partial charge in [-0.25, -0.2) is 8.42 Å². The summed E-state index contributed by atoms with van der Waals surface area (Å²) in [7, 11) is -3.33. The number of carboxylic acid groups (broad SMARTS) is 1. The van der Waals surface area contributed by atoms with Gasteiger partial charge in [-0.05, 0) is 0 Å². The van der Waals surface area contributed by atoms with Crippen LogP contribution in [-0.4, -0.2) is 73.7 Å². The fourth-order valence-electron chi connectivity index (χ4n) is 1.95. The number of halogens is 3. The lowest BCUT2D eigenvalue weighted by atomic mass is 10.2. The van der Waals surface area contributed by atoms with Gasteiger partial charge in [0.25, 0.3) is 0 Å². The van der Waals surface area contributed by atoms with Gasteiger partial charge in [0.2, 0.25) is 5.91 Å². The van der Waals surface area contributed by atoms with Gasteiger partial charge in [-0.2, -0.15) is 13.2 Å². The van der Waals surface area contributed by atoms with Gasteiger partial charge in [-0.3, -0.25) is 9.59 Å². The molecule has 0 spiro atoms. The molecule has 0 aromatic heterocycles. The third kappa shape index (κ3) is 6.76. The Morgan fingerprint density at radius 2 is 1.95 bits per heavy atom. The maximum absolute atomic E-state index is 12.3. The van der Waals surface area contributed by atoms with E-state index in [-0.39, 0.29) is 23.0 Å². The lowest BCUT2D eigenvalue weighted by Crippen LogP contribution is -2.49. The molecule has 1 aliphatic heterocycles. The summed E-state index contributed by atoms with van der Waals surface area (Å²) in [4.78, 5) is 22.4. The van der Waals surface area contributed by atoms with E-state index in [0.29, 0.717) is 0 Å². The summed E-state index contributed by atoms with van der Waals surface area (Å²) in [5, 5.41) is 11.3. The molecule has 0 saturated carbocycles. The van der Waals surface area contributed by atoms with Crippen LogP contribution in [0.2, 0.25) is 0 Å². The number of amides is 1. The second-order valence-electron chi connectivity index (χ2n) is 4.73. The third-order valence-corrected chi connectivity index (χ3v) is 4.51. The average Bonchev–Trinajstić information content (AvgIpc) is 2.23. The first kappa shape index (κ1) is 17.7. The minimum absolute atomic E-state index is 0.0981. The lowest BCUT2D eigenvalue weighted by molar-refractivity contribution is -0.166. The third-order valence-electron chi connectivity index (χ3n) is 2.77. The van der Waals surface area contributed by atoms with Gasteiger partial charge < -0.3 is 15.3 Å². The molecule has 21 heavy (non-hydrogen) atoms. The van der Waals surface area contributed by atoms with Crippen molar-refractivity contribution >= 4 is 21.7 Å². The number of carbonyl (C=O) groups excluding carboxylic acids is 1. The van der Waals surface area contributed by atoms with Crippen LogP contribution in [0, 0.1) is 0 Å². The Bertz CT molecular complexity index is 505. The van der Waals surface area contributed by atoms with Crippen molar-refractivity contribution in [2.45, 2.75) is 18.6 Å². The average molecular weight is 332 g/mol. The molecular formula is C10H15F3N2O5S. The minimum atomic E-state index is -4.73. The SMILES string of the molecule is O=C(O)CN(CC(F)(F)F)C(=O)CC1CS(=O)(=O)CCN1. The number of carbonyl (C=O) groups is 2. The normalized spacial score (nSPS) is 21.8. The molecule has 122 valence electrons. The van der Waals surface area contributed by atoms with E-state index >= 15 is 0 Å². The molecule has 1 unspecified atom stereocenters. The molecule has 0 aliphatic carbocycles. The monoisotopic (exact) mass is 332 g/mol. The van der Waals surface area contributed by atoms with Gasteiger partial charge in [0.15, 0.2) is 9.84 Å². The summed E-state index contributed by atoms with van der Waals surface area (Å²) in [6, 6.07) is -0.805. The van der Waals surface area contributed by atoms with Crippen molar-refractivity contribution in [2.24, 2.45) is 0 Å². The molecule has 1 rings (SSSR count). The molecule has 7 nitrogen and oxygen atoms in total. The Morgan fingerprint density at radius 1 is 1.33 bits per heavy atom. The van der Waals surface area contributed by atoms with Gasteiger partial charge in [0.05, 0.1) is 11.5 Å². The van der Waals surface area contributed by atoms with Crippen LogP contribution in [0.1, 0.15) is 6.42 Å². The Kier molecular flexibility index (Phi) is 5.56. The fourth-order valence-corrected chi connectivity index (χ4v) is 3.39. The van der Waals surface area contributed by atoms with Gasteiger partial charge in [0.1, 0.15) is 13.1 Å². The summed E-state index contributed by atoms with van der Waals surface area (Å²) in [5.74, 6) is -3.08. The van der Waals surface area contributed by atoms with Gasteiger partial charge in [0, 0.05) is 19.0 Å². The van der Waals surface area contributed by atoms with Crippen molar-refractivity contribution < 1.29 is 36.3 Å². The summed E-state index contributed by atoms with van der Waals surface area (Å²) in [6.07, 6.45) is -5.22. The van der Waals surface area contributed by atoms with Crippen molar-refractivity contribution in [2.75, 3.05) is 31.1 Å². The molecule has 2 N–H and O–H groups in total. The standard InChI is InChI=1S/C10H15F3N2O5S/c11-10(12,13)6-15(4-9(17)18)8(16)3-7-5-21(19,20)2-1-14-7/h7,14H,1-6H2,(H,17,18). The number of hydrogen-bond donors (Lipinski definition) is 2. The zero-order chi connectivity index (χ0) is 16.3. The van der Waals surface area contributed by atoms with Crippen molar-refractivity contribution in [3.8, 4) is 0 Å². The molecule has 0 bridgehead atoms. The molecule has 0 aromatic carbocycles. The number of hydrogen-bond acceptors (Lipinski definition) is 5. The molecule has 1 amide bonds. The predicted molar refractivity (Wildman–Crippen MR) is 65.3 cm³/mol. The molecular weight excluding hydrogens is 317 g/mol. The van der Waals surface area contributed by atoms with Gasteiger partial charge >= 0.3 is 12.1 Å². The highest BCUT2D eigenvalue weighted by atomic mass is 32.2. The number of rotatable bonds is 5. The van der Waals surface area contributed by atoms with E-state index in [1.165, 1.54) is 0 Å². The van der Waals surface area contributed by atoms with Gasteiger partial charge in [-0.15, -0.1) is 0 Å². The van der Waals surface area contributed by atoms with Crippen molar-refractivity contribution in [1.82, 2.24) is 10.2 Å². The van der Waals surface area contributed by atoms with Crippen molar-refractivity contribution in [3.63, 3.8) is 0 Å². The van der Waals surface area contributed by atoms with E-state index in [2.05, 4.69) is 5.32 Å². The zero-order valence-corrected chi connectivity index (χ0v) is 11.7. The molecule has 1 fully saturated rings.